The van der Waals surface area contributed by atoms with Gasteiger partial charge in [0.15, 0.2) is 0 Å². The molecular weight excluding hydrogens is 366 g/mol. The highest BCUT2D eigenvalue weighted by atomic mass is 16.5. The highest BCUT2D eigenvalue weighted by Gasteiger charge is 2.51. The third-order valence-electron chi connectivity index (χ3n) is 8.10. The van der Waals surface area contributed by atoms with Crippen LogP contribution in [-0.4, -0.2) is 30.6 Å². The van der Waals surface area contributed by atoms with E-state index in [-0.39, 0.29) is 5.54 Å². The maximum absolute atomic E-state index is 5.54. The third-order valence-corrected chi connectivity index (χ3v) is 8.10. The zero-order valence-electron chi connectivity index (χ0n) is 18.0. The normalized spacial score (nSPS) is 28.0. The fourth-order valence-electron chi connectivity index (χ4n) is 6.81. The molecule has 1 aliphatic heterocycles. The molecule has 2 unspecified atom stereocenters. The summed E-state index contributed by atoms with van der Waals surface area (Å²) in [5, 5.41) is 0. The monoisotopic (exact) mass is 397 g/mol. The van der Waals surface area contributed by atoms with Gasteiger partial charge >= 0.3 is 0 Å². The van der Waals surface area contributed by atoms with Gasteiger partial charge in [-0.25, -0.2) is 0 Å². The quantitative estimate of drug-likeness (QED) is 0.618. The highest BCUT2D eigenvalue weighted by Crippen LogP contribution is 2.57. The van der Waals surface area contributed by atoms with Crippen LogP contribution in [0.5, 0.6) is 5.75 Å². The molecule has 2 aromatic rings. The van der Waals surface area contributed by atoms with Crippen LogP contribution in [-0.2, 0) is 6.42 Å². The molecule has 6 rings (SSSR count). The number of nitrogens with zero attached hydrogens (tertiary/aromatic N) is 1. The number of fused-ring (bicyclic) bond motifs is 4. The second kappa shape index (κ2) is 7.13. The smallest absolute Gasteiger partial charge is 0.119 e. The Bertz CT molecular complexity index is 1030. The standard InChI is InChI=1S/C28H31NO/c1-30-22-12-14-23-21(18-22)11-13-24-26-10-7-15-28(26,29-16-5-6-17-29)19-25(27(23)24)20-8-3-2-4-9-20/h2-4,8-9,12,14,18-19,26H,5-7,10-11,13,15-17H2,1H3. The van der Waals surface area contributed by atoms with Gasteiger partial charge in [-0.3, -0.25) is 4.90 Å². The van der Waals surface area contributed by atoms with Crippen LogP contribution in [0.2, 0.25) is 0 Å². The number of likely N-dealkylation sites (tertiary alicyclic amines) is 1. The van der Waals surface area contributed by atoms with Crippen LogP contribution < -0.4 is 4.74 Å². The van der Waals surface area contributed by atoms with Gasteiger partial charge in [0.25, 0.3) is 0 Å². The van der Waals surface area contributed by atoms with Crippen molar-refractivity contribution in [2.24, 2.45) is 5.92 Å². The van der Waals surface area contributed by atoms with E-state index in [1.165, 1.54) is 79.5 Å². The SMILES string of the molecule is COc1ccc2c(c1)CCC1=C2C(c2ccccc2)=CC2(N3CCCC3)CCCC12. The second-order valence-electron chi connectivity index (χ2n) is 9.48. The summed E-state index contributed by atoms with van der Waals surface area (Å²) in [6.07, 6.45) is 11.8. The predicted molar refractivity (Wildman–Crippen MR) is 124 cm³/mol. The number of hydrogen-bond donors (Lipinski definition) is 0. The fraction of sp³-hybridized carbons (Fsp3) is 0.429. The molecular formula is C28H31NO. The number of hydrogen-bond acceptors (Lipinski definition) is 2. The van der Waals surface area contributed by atoms with E-state index in [4.69, 9.17) is 4.74 Å². The van der Waals surface area contributed by atoms with E-state index in [0.717, 1.165) is 12.2 Å². The molecule has 2 nitrogen and oxygen atoms in total. The number of methoxy groups -OCH3 is 1. The molecule has 30 heavy (non-hydrogen) atoms. The van der Waals surface area contributed by atoms with Crippen molar-refractivity contribution in [3.05, 3.63) is 76.9 Å². The van der Waals surface area contributed by atoms with E-state index in [2.05, 4.69) is 59.5 Å². The first-order valence-electron chi connectivity index (χ1n) is 11.7. The first-order chi connectivity index (χ1) is 14.8. The zero-order valence-corrected chi connectivity index (χ0v) is 18.0. The van der Waals surface area contributed by atoms with Gasteiger partial charge in [0.1, 0.15) is 5.75 Å². The van der Waals surface area contributed by atoms with Crippen molar-refractivity contribution in [1.82, 2.24) is 4.90 Å². The lowest BCUT2D eigenvalue weighted by Gasteiger charge is -2.48. The number of ether oxygens (including phenoxy) is 1. The maximum Gasteiger partial charge on any atom is 0.119 e. The molecule has 1 saturated carbocycles. The molecule has 0 radical (unpaired) electrons. The van der Waals surface area contributed by atoms with Crippen molar-refractivity contribution in [1.29, 1.82) is 0 Å². The van der Waals surface area contributed by atoms with Crippen molar-refractivity contribution in [2.75, 3.05) is 20.2 Å². The van der Waals surface area contributed by atoms with Crippen molar-refractivity contribution >= 4 is 11.1 Å². The molecule has 2 atom stereocenters. The molecule has 154 valence electrons. The fourth-order valence-corrected chi connectivity index (χ4v) is 6.81. The zero-order chi connectivity index (χ0) is 20.1. The van der Waals surface area contributed by atoms with Gasteiger partial charge in [-0.1, -0.05) is 54.5 Å². The van der Waals surface area contributed by atoms with Gasteiger partial charge in [0.05, 0.1) is 7.11 Å². The minimum absolute atomic E-state index is 0.241. The maximum atomic E-state index is 5.54. The first kappa shape index (κ1) is 18.4. The summed E-state index contributed by atoms with van der Waals surface area (Å²) < 4.78 is 5.54. The lowest BCUT2D eigenvalue weighted by atomic mass is 9.65. The molecule has 0 aromatic heterocycles. The molecule has 0 N–H and O–H groups in total. The molecule has 1 saturated heterocycles. The largest absolute Gasteiger partial charge is 0.497 e. The van der Waals surface area contributed by atoms with Crippen LogP contribution in [0.3, 0.4) is 0 Å². The van der Waals surface area contributed by atoms with Gasteiger partial charge < -0.3 is 4.74 Å². The molecule has 2 fully saturated rings. The third kappa shape index (κ3) is 2.66. The van der Waals surface area contributed by atoms with E-state index < -0.39 is 0 Å². The lowest BCUT2D eigenvalue weighted by Crippen LogP contribution is -2.50. The van der Waals surface area contributed by atoms with Crippen LogP contribution in [0, 0.1) is 5.92 Å². The average molecular weight is 398 g/mol. The van der Waals surface area contributed by atoms with Crippen molar-refractivity contribution in [3.63, 3.8) is 0 Å². The van der Waals surface area contributed by atoms with Gasteiger partial charge in [-0.15, -0.1) is 0 Å². The number of benzene rings is 2. The molecule has 3 aliphatic carbocycles. The summed E-state index contributed by atoms with van der Waals surface area (Å²) >= 11 is 0. The molecule has 1 heterocycles. The Morgan fingerprint density at radius 1 is 0.967 bits per heavy atom. The molecule has 2 heteroatoms. The minimum Gasteiger partial charge on any atom is -0.497 e. The second-order valence-corrected chi connectivity index (χ2v) is 9.48. The van der Waals surface area contributed by atoms with Crippen LogP contribution >= 0.6 is 0 Å². The summed E-state index contributed by atoms with van der Waals surface area (Å²) in [5.41, 5.74) is 9.24. The topological polar surface area (TPSA) is 12.5 Å². The van der Waals surface area contributed by atoms with E-state index in [9.17, 15) is 0 Å². The Morgan fingerprint density at radius 3 is 2.60 bits per heavy atom. The minimum atomic E-state index is 0.241. The van der Waals surface area contributed by atoms with Crippen molar-refractivity contribution in [3.8, 4) is 5.75 Å². The van der Waals surface area contributed by atoms with E-state index in [1.807, 2.05) is 0 Å². The van der Waals surface area contributed by atoms with Crippen molar-refractivity contribution in [2.45, 2.75) is 50.5 Å². The van der Waals surface area contributed by atoms with Crippen LogP contribution in [0.25, 0.3) is 11.1 Å². The molecule has 0 bridgehead atoms. The Labute approximate surface area is 180 Å². The Balaban J connectivity index is 1.58. The number of rotatable bonds is 3. The number of allylic oxidation sites excluding steroid dienone is 2. The first-order valence-corrected chi connectivity index (χ1v) is 11.7. The highest BCUT2D eigenvalue weighted by molar-refractivity contribution is 6.09. The predicted octanol–water partition coefficient (Wildman–Crippen LogP) is 6.13. The Kier molecular flexibility index (Phi) is 4.38. The van der Waals surface area contributed by atoms with E-state index in [1.54, 1.807) is 12.7 Å². The van der Waals surface area contributed by atoms with Gasteiger partial charge in [0.2, 0.25) is 0 Å². The van der Waals surface area contributed by atoms with Gasteiger partial charge in [-0.05, 0) is 91.6 Å². The Morgan fingerprint density at radius 2 is 1.80 bits per heavy atom. The van der Waals surface area contributed by atoms with Crippen LogP contribution in [0.4, 0.5) is 0 Å². The van der Waals surface area contributed by atoms with Gasteiger partial charge in [-0.2, -0.15) is 0 Å². The molecule has 0 amide bonds. The van der Waals surface area contributed by atoms with Crippen molar-refractivity contribution < 1.29 is 4.74 Å². The molecule has 2 aromatic carbocycles. The van der Waals surface area contributed by atoms with Gasteiger partial charge in [0, 0.05) is 11.5 Å². The summed E-state index contributed by atoms with van der Waals surface area (Å²) in [6.45, 7) is 2.54. The Hall–Kier alpha value is -2.32. The van der Waals surface area contributed by atoms with E-state index in [0.29, 0.717) is 5.92 Å². The van der Waals surface area contributed by atoms with Crippen LogP contribution in [0.1, 0.15) is 55.2 Å². The summed E-state index contributed by atoms with van der Waals surface area (Å²) in [6, 6.07) is 17.9. The number of aryl methyl sites for hydroxylation is 1. The lowest BCUT2D eigenvalue weighted by molar-refractivity contribution is 0.135. The summed E-state index contributed by atoms with van der Waals surface area (Å²) in [4.78, 5) is 2.85. The molecule has 4 aliphatic rings. The average Bonchev–Trinajstić information content (AvgIpc) is 3.49. The summed E-state index contributed by atoms with van der Waals surface area (Å²) in [5.74, 6) is 1.67. The summed E-state index contributed by atoms with van der Waals surface area (Å²) in [7, 11) is 1.77. The van der Waals surface area contributed by atoms with E-state index >= 15 is 0 Å². The van der Waals surface area contributed by atoms with Crippen LogP contribution in [0.15, 0.2) is 60.2 Å². The molecule has 0 spiro atoms.